The lowest BCUT2D eigenvalue weighted by Crippen LogP contribution is -2.56. The van der Waals surface area contributed by atoms with Gasteiger partial charge >= 0.3 is 6.03 Å². The lowest BCUT2D eigenvalue weighted by Gasteiger charge is -2.41. The van der Waals surface area contributed by atoms with E-state index in [9.17, 15) is 14.4 Å². The van der Waals surface area contributed by atoms with Gasteiger partial charge in [-0.3, -0.25) is 14.5 Å². The second-order valence-electron chi connectivity index (χ2n) is 8.22. The van der Waals surface area contributed by atoms with E-state index in [1.165, 1.54) is 16.8 Å². The Morgan fingerprint density at radius 1 is 1.07 bits per heavy atom. The minimum atomic E-state index is -0.812. The van der Waals surface area contributed by atoms with Crippen LogP contribution in [0.3, 0.4) is 0 Å². The predicted molar refractivity (Wildman–Crippen MR) is 111 cm³/mol. The van der Waals surface area contributed by atoms with Crippen molar-refractivity contribution in [3.8, 4) is 0 Å². The van der Waals surface area contributed by atoms with Gasteiger partial charge in [0.05, 0.1) is 6.26 Å². The smallest absolute Gasteiger partial charge is 0.327 e. The first kappa shape index (κ1) is 20.2. The topological polar surface area (TPSA) is 74.1 Å². The lowest BCUT2D eigenvalue weighted by atomic mass is 9.85. The number of rotatable bonds is 5. The quantitative estimate of drug-likeness (QED) is 0.712. The molecule has 0 bridgehead atoms. The van der Waals surface area contributed by atoms with Crippen LogP contribution in [-0.4, -0.2) is 65.3 Å². The van der Waals surface area contributed by atoms with Crippen molar-refractivity contribution in [1.29, 1.82) is 0 Å². The van der Waals surface area contributed by atoms with Crippen LogP contribution < -0.4 is 0 Å². The second kappa shape index (κ2) is 7.97. The number of urea groups is 1. The van der Waals surface area contributed by atoms with E-state index in [-0.39, 0.29) is 23.8 Å². The highest BCUT2D eigenvalue weighted by Crippen LogP contribution is 2.36. The van der Waals surface area contributed by atoms with E-state index >= 15 is 0 Å². The lowest BCUT2D eigenvalue weighted by molar-refractivity contribution is -0.140. The molecule has 7 nitrogen and oxygen atoms in total. The Balaban J connectivity index is 1.43. The highest BCUT2D eigenvalue weighted by molar-refractivity contribution is 6.06. The van der Waals surface area contributed by atoms with Crippen LogP contribution >= 0.6 is 0 Å². The van der Waals surface area contributed by atoms with Gasteiger partial charge < -0.3 is 14.2 Å². The molecule has 1 aromatic heterocycles. The molecule has 7 heteroatoms. The van der Waals surface area contributed by atoms with Crippen molar-refractivity contribution in [1.82, 2.24) is 14.7 Å². The van der Waals surface area contributed by atoms with Crippen LogP contribution in [0.15, 0.2) is 53.1 Å². The first-order valence-corrected chi connectivity index (χ1v) is 10.3. The number of carbonyl (C=O) groups is 3. The van der Waals surface area contributed by atoms with Gasteiger partial charge in [0, 0.05) is 39.5 Å². The van der Waals surface area contributed by atoms with Gasteiger partial charge in [0.2, 0.25) is 5.91 Å². The third kappa shape index (κ3) is 3.49. The molecular formula is C23H27N3O4. The Bertz CT molecular complexity index is 917. The number of likely N-dealkylation sites (tertiary alicyclic amines) is 1. The first-order chi connectivity index (χ1) is 14.4. The molecule has 2 aliphatic heterocycles. The summed E-state index contributed by atoms with van der Waals surface area (Å²) in [5.41, 5.74) is 0.344. The molecule has 4 rings (SSSR count). The van der Waals surface area contributed by atoms with Crippen LogP contribution in [0.1, 0.15) is 36.5 Å². The summed E-state index contributed by atoms with van der Waals surface area (Å²) in [4.78, 5) is 42.5. The molecule has 2 aromatic rings. The van der Waals surface area contributed by atoms with Gasteiger partial charge in [0.25, 0.3) is 5.91 Å². The third-order valence-electron chi connectivity index (χ3n) is 6.55. The predicted octanol–water partition coefficient (Wildman–Crippen LogP) is 2.88. The van der Waals surface area contributed by atoms with Gasteiger partial charge in [-0.1, -0.05) is 30.3 Å². The zero-order valence-corrected chi connectivity index (χ0v) is 17.4. The number of benzene rings is 1. The zero-order chi connectivity index (χ0) is 21.3. The van der Waals surface area contributed by atoms with Crippen molar-refractivity contribution >= 4 is 17.8 Å². The minimum Gasteiger partial charge on any atom is -0.469 e. The number of hydrogen-bond acceptors (Lipinski definition) is 4. The minimum absolute atomic E-state index is 0.0470. The Labute approximate surface area is 176 Å². The highest BCUT2D eigenvalue weighted by Gasteiger charge is 2.55. The molecule has 4 amide bonds. The maximum Gasteiger partial charge on any atom is 0.327 e. The number of imide groups is 1. The van der Waals surface area contributed by atoms with Crippen molar-refractivity contribution in [3.05, 3.63) is 60.1 Å². The third-order valence-corrected chi connectivity index (χ3v) is 6.55. The van der Waals surface area contributed by atoms with Gasteiger partial charge in [-0.15, -0.1) is 0 Å². The average molecular weight is 409 g/mol. The van der Waals surface area contributed by atoms with Gasteiger partial charge in [-0.25, -0.2) is 4.79 Å². The number of likely N-dealkylation sites (N-methyl/N-ethyl adjacent to an activating group) is 2. The van der Waals surface area contributed by atoms with E-state index in [1.807, 2.05) is 35.2 Å². The van der Waals surface area contributed by atoms with E-state index < -0.39 is 5.54 Å². The number of amides is 4. The molecule has 0 N–H and O–H groups in total. The fourth-order valence-corrected chi connectivity index (χ4v) is 4.66. The monoisotopic (exact) mass is 409 g/mol. The number of carbonyl (C=O) groups excluding carboxylic acids is 3. The van der Waals surface area contributed by atoms with Crippen molar-refractivity contribution in [2.24, 2.45) is 0 Å². The summed E-state index contributed by atoms with van der Waals surface area (Å²) < 4.78 is 5.62. The van der Waals surface area contributed by atoms with E-state index in [0.717, 1.165) is 17.7 Å². The molecule has 2 saturated heterocycles. The Kier molecular flexibility index (Phi) is 5.37. The largest absolute Gasteiger partial charge is 0.469 e. The molecule has 1 aromatic carbocycles. The van der Waals surface area contributed by atoms with Crippen LogP contribution in [-0.2, 0) is 16.0 Å². The number of nitrogens with zero attached hydrogens (tertiary/aromatic N) is 3. The van der Waals surface area contributed by atoms with Crippen LogP contribution in [0.5, 0.6) is 0 Å². The van der Waals surface area contributed by atoms with E-state index in [4.69, 9.17) is 4.42 Å². The molecule has 1 spiro atoms. The number of hydrogen-bond donors (Lipinski definition) is 0. The average Bonchev–Trinajstić information content (AvgIpc) is 3.36. The molecule has 30 heavy (non-hydrogen) atoms. The fraction of sp³-hybridized carbons (Fsp3) is 0.435. The SMILES string of the molecule is CN1C(=O)N(C)C2(CCN(C(=O)CC(Cc3ccccc3)c3ccco3)CC2)C1=O. The van der Waals surface area contributed by atoms with Crippen molar-refractivity contribution < 1.29 is 18.8 Å². The van der Waals surface area contributed by atoms with Crippen molar-refractivity contribution in [2.75, 3.05) is 27.2 Å². The number of furan rings is 1. The summed E-state index contributed by atoms with van der Waals surface area (Å²) in [6.45, 7) is 0.929. The maximum atomic E-state index is 13.1. The molecular weight excluding hydrogens is 382 g/mol. The Hall–Kier alpha value is -3.09. The molecule has 1 unspecified atom stereocenters. The summed E-state index contributed by atoms with van der Waals surface area (Å²) in [5.74, 6) is 0.641. The standard InChI is InChI=1S/C23H27N3O4/c1-24-21(28)23(25(2)22(24)29)10-12-26(13-11-23)20(27)16-18(19-9-6-14-30-19)15-17-7-4-3-5-8-17/h3-9,14,18H,10-13,15-16H2,1-2H3. The molecule has 158 valence electrons. The van der Waals surface area contributed by atoms with Crippen LogP contribution in [0.25, 0.3) is 0 Å². The summed E-state index contributed by atoms with van der Waals surface area (Å²) in [6.07, 6.45) is 3.64. The van der Waals surface area contributed by atoms with Crippen LogP contribution in [0.4, 0.5) is 4.79 Å². The second-order valence-corrected chi connectivity index (χ2v) is 8.22. The fourth-order valence-electron chi connectivity index (χ4n) is 4.66. The highest BCUT2D eigenvalue weighted by atomic mass is 16.3. The van der Waals surface area contributed by atoms with Crippen molar-refractivity contribution in [2.45, 2.75) is 37.1 Å². The normalized spacial score (nSPS) is 19.6. The zero-order valence-electron chi connectivity index (χ0n) is 17.4. The van der Waals surface area contributed by atoms with Crippen LogP contribution in [0, 0.1) is 0 Å². The molecule has 3 heterocycles. The molecule has 1 atom stereocenters. The summed E-state index contributed by atoms with van der Waals surface area (Å²) in [5, 5.41) is 0. The molecule has 0 aliphatic carbocycles. The molecule has 0 saturated carbocycles. The van der Waals surface area contributed by atoms with E-state index in [1.54, 1.807) is 13.3 Å². The van der Waals surface area contributed by atoms with Crippen LogP contribution in [0.2, 0.25) is 0 Å². The van der Waals surface area contributed by atoms with Gasteiger partial charge in [0.1, 0.15) is 11.3 Å². The summed E-state index contributed by atoms with van der Waals surface area (Å²) >= 11 is 0. The number of piperidine rings is 1. The van der Waals surface area contributed by atoms with Gasteiger partial charge in [-0.05, 0) is 37.0 Å². The Morgan fingerprint density at radius 2 is 1.77 bits per heavy atom. The molecule has 2 aliphatic rings. The van der Waals surface area contributed by atoms with E-state index in [0.29, 0.717) is 32.4 Å². The van der Waals surface area contributed by atoms with Gasteiger partial charge in [0.15, 0.2) is 0 Å². The van der Waals surface area contributed by atoms with E-state index in [2.05, 4.69) is 12.1 Å². The molecule has 0 radical (unpaired) electrons. The van der Waals surface area contributed by atoms with Gasteiger partial charge in [-0.2, -0.15) is 0 Å². The first-order valence-electron chi connectivity index (χ1n) is 10.3. The Morgan fingerprint density at radius 3 is 2.33 bits per heavy atom. The summed E-state index contributed by atoms with van der Waals surface area (Å²) in [6, 6.07) is 13.6. The van der Waals surface area contributed by atoms with Crippen molar-refractivity contribution in [3.63, 3.8) is 0 Å². The summed E-state index contributed by atoms with van der Waals surface area (Å²) in [7, 11) is 3.19. The maximum absolute atomic E-state index is 13.1. The molecule has 2 fully saturated rings.